The molecule has 5 nitrogen and oxygen atoms in total. The summed E-state index contributed by atoms with van der Waals surface area (Å²) >= 11 is 1.61. The number of aryl methyl sites for hydroxylation is 2. The van der Waals surface area contributed by atoms with Crippen LogP contribution in [-0.2, 0) is 24.1 Å². The molecule has 21 heavy (non-hydrogen) atoms. The van der Waals surface area contributed by atoms with Gasteiger partial charge in [0.1, 0.15) is 10.7 Å². The van der Waals surface area contributed by atoms with Gasteiger partial charge >= 0.3 is 5.97 Å². The van der Waals surface area contributed by atoms with Crippen molar-refractivity contribution in [1.82, 2.24) is 9.97 Å². The Labute approximate surface area is 126 Å². The maximum absolute atomic E-state index is 12.3. The normalized spacial score (nSPS) is 14.6. The Bertz CT molecular complexity index is 773. The molecule has 0 radical (unpaired) electrons. The number of nitrogens with one attached hydrogen (secondary N) is 1. The first-order valence-electron chi connectivity index (χ1n) is 7.11. The van der Waals surface area contributed by atoms with Gasteiger partial charge in [0.2, 0.25) is 0 Å². The van der Waals surface area contributed by atoms with Gasteiger partial charge in [-0.2, -0.15) is 0 Å². The lowest BCUT2D eigenvalue weighted by atomic mass is 9.85. The average Bonchev–Trinajstić information content (AvgIpc) is 2.84. The number of nitrogens with zero attached hydrogens (tertiary/aromatic N) is 1. The minimum Gasteiger partial charge on any atom is -0.481 e. The summed E-state index contributed by atoms with van der Waals surface area (Å²) in [6, 6.07) is 0. The molecule has 2 N–H and O–H groups in total. The van der Waals surface area contributed by atoms with Gasteiger partial charge in [0.15, 0.2) is 0 Å². The first kappa shape index (κ1) is 14.3. The molecular formula is C15H18N2O3S. The van der Waals surface area contributed by atoms with Crippen molar-refractivity contribution >= 4 is 27.5 Å². The minimum absolute atomic E-state index is 0.0513. The third-order valence-electron chi connectivity index (χ3n) is 3.90. The largest absolute Gasteiger partial charge is 0.481 e. The number of carbonyl (C=O) groups is 1. The van der Waals surface area contributed by atoms with Crippen LogP contribution in [0.5, 0.6) is 0 Å². The first-order chi connectivity index (χ1) is 9.85. The fourth-order valence-electron chi connectivity index (χ4n) is 3.06. The molecular weight excluding hydrogens is 288 g/mol. The van der Waals surface area contributed by atoms with E-state index < -0.39 is 11.4 Å². The summed E-state index contributed by atoms with van der Waals surface area (Å²) in [4.78, 5) is 32.7. The molecule has 2 aromatic rings. The molecule has 0 atom stereocenters. The van der Waals surface area contributed by atoms with Gasteiger partial charge in [-0.3, -0.25) is 9.59 Å². The fourth-order valence-corrected chi connectivity index (χ4v) is 4.34. The van der Waals surface area contributed by atoms with Gasteiger partial charge in [0.05, 0.1) is 11.8 Å². The van der Waals surface area contributed by atoms with E-state index in [1.807, 2.05) is 13.8 Å². The maximum atomic E-state index is 12.3. The Morgan fingerprint density at radius 2 is 2.19 bits per heavy atom. The zero-order chi connectivity index (χ0) is 15.2. The molecule has 1 aliphatic carbocycles. The molecule has 2 heterocycles. The molecule has 112 valence electrons. The molecule has 1 aliphatic rings. The molecule has 0 aliphatic heterocycles. The van der Waals surface area contributed by atoms with Crippen LogP contribution >= 0.6 is 11.3 Å². The zero-order valence-corrected chi connectivity index (χ0v) is 13.0. The molecule has 6 heteroatoms. The highest BCUT2D eigenvalue weighted by molar-refractivity contribution is 7.18. The highest BCUT2D eigenvalue weighted by Gasteiger charge is 2.25. The number of H-pyrrole nitrogens is 1. The third kappa shape index (κ3) is 2.72. The number of rotatable bonds is 4. The molecule has 0 bridgehead atoms. The van der Waals surface area contributed by atoms with Gasteiger partial charge < -0.3 is 10.1 Å². The number of aromatic nitrogens is 2. The molecule has 0 spiro atoms. The molecule has 3 rings (SSSR count). The van der Waals surface area contributed by atoms with Crippen molar-refractivity contribution in [2.24, 2.45) is 5.41 Å². The topological polar surface area (TPSA) is 83.0 Å². The Morgan fingerprint density at radius 3 is 2.90 bits per heavy atom. The van der Waals surface area contributed by atoms with Crippen LogP contribution < -0.4 is 5.56 Å². The fraction of sp³-hybridized carbons (Fsp3) is 0.533. The van der Waals surface area contributed by atoms with Crippen LogP contribution in [0.15, 0.2) is 4.79 Å². The van der Waals surface area contributed by atoms with Gasteiger partial charge in [-0.1, -0.05) is 13.8 Å². The van der Waals surface area contributed by atoms with Crippen molar-refractivity contribution < 1.29 is 9.90 Å². The number of carboxylic acid groups (broad SMARTS) is 1. The number of hydrogen-bond acceptors (Lipinski definition) is 4. The van der Waals surface area contributed by atoms with E-state index in [0.29, 0.717) is 12.2 Å². The van der Waals surface area contributed by atoms with Crippen LogP contribution in [0.1, 0.15) is 43.0 Å². The number of carboxylic acids is 1. The average molecular weight is 306 g/mol. The SMILES string of the molecule is CC(C)(CC(=O)O)Cc1nc2sc3c(c2c(=O)[nH]1)CCC3. The Morgan fingerprint density at radius 1 is 1.43 bits per heavy atom. The van der Waals surface area contributed by atoms with Crippen molar-refractivity contribution in [3.63, 3.8) is 0 Å². The zero-order valence-electron chi connectivity index (χ0n) is 12.2. The van der Waals surface area contributed by atoms with E-state index in [1.54, 1.807) is 11.3 Å². The number of aromatic amines is 1. The quantitative estimate of drug-likeness (QED) is 0.909. The van der Waals surface area contributed by atoms with Gasteiger partial charge in [-0.15, -0.1) is 11.3 Å². The van der Waals surface area contributed by atoms with Crippen LogP contribution in [0.4, 0.5) is 0 Å². The lowest BCUT2D eigenvalue weighted by Crippen LogP contribution is -2.23. The Balaban J connectivity index is 1.98. The van der Waals surface area contributed by atoms with Crippen LogP contribution in [-0.4, -0.2) is 21.0 Å². The van der Waals surface area contributed by atoms with E-state index in [2.05, 4.69) is 9.97 Å². The summed E-state index contributed by atoms with van der Waals surface area (Å²) < 4.78 is 0. The molecule has 0 aromatic carbocycles. The van der Waals surface area contributed by atoms with E-state index in [9.17, 15) is 9.59 Å². The molecule has 0 unspecified atom stereocenters. The van der Waals surface area contributed by atoms with Crippen molar-refractivity contribution in [2.45, 2.75) is 46.0 Å². The van der Waals surface area contributed by atoms with Crippen molar-refractivity contribution in [2.75, 3.05) is 0 Å². The van der Waals surface area contributed by atoms with Gasteiger partial charge in [0, 0.05) is 11.3 Å². The van der Waals surface area contributed by atoms with E-state index in [-0.39, 0.29) is 12.0 Å². The van der Waals surface area contributed by atoms with Crippen molar-refractivity contribution in [3.8, 4) is 0 Å². The van der Waals surface area contributed by atoms with E-state index >= 15 is 0 Å². The summed E-state index contributed by atoms with van der Waals surface area (Å²) in [5.41, 5.74) is 0.649. The van der Waals surface area contributed by atoms with E-state index in [0.717, 1.165) is 29.5 Å². The lowest BCUT2D eigenvalue weighted by Gasteiger charge is -2.21. The summed E-state index contributed by atoms with van der Waals surface area (Å²) in [6.45, 7) is 3.75. The minimum atomic E-state index is -0.835. The van der Waals surface area contributed by atoms with Crippen molar-refractivity contribution in [3.05, 3.63) is 26.6 Å². The van der Waals surface area contributed by atoms with Crippen LogP contribution in [0, 0.1) is 5.41 Å². The summed E-state index contributed by atoms with van der Waals surface area (Å²) in [5, 5.41) is 9.69. The summed E-state index contributed by atoms with van der Waals surface area (Å²) in [6.07, 6.45) is 3.62. The summed E-state index contributed by atoms with van der Waals surface area (Å²) in [7, 11) is 0. The smallest absolute Gasteiger partial charge is 0.303 e. The monoisotopic (exact) mass is 306 g/mol. The Hall–Kier alpha value is -1.69. The van der Waals surface area contributed by atoms with Crippen molar-refractivity contribution in [1.29, 1.82) is 0 Å². The third-order valence-corrected chi connectivity index (χ3v) is 5.09. The Kier molecular flexibility index (Phi) is 3.36. The predicted octanol–water partition coefficient (Wildman–Crippen LogP) is 2.52. The standard InChI is InChI=1S/C15H18N2O3S/c1-15(2,7-11(18)19)6-10-16-13(20)12-8-4-3-5-9(8)21-14(12)17-10/h3-7H2,1-2H3,(H,18,19)(H,16,17,20). The molecule has 0 amide bonds. The highest BCUT2D eigenvalue weighted by Crippen LogP contribution is 2.35. The second-order valence-electron chi connectivity index (χ2n) is 6.46. The van der Waals surface area contributed by atoms with Gasteiger partial charge in [0.25, 0.3) is 5.56 Å². The number of hydrogen-bond donors (Lipinski definition) is 2. The van der Waals surface area contributed by atoms with E-state index in [1.165, 1.54) is 10.4 Å². The second-order valence-corrected chi connectivity index (χ2v) is 7.55. The van der Waals surface area contributed by atoms with Crippen LogP contribution in [0.25, 0.3) is 10.2 Å². The highest BCUT2D eigenvalue weighted by atomic mass is 32.1. The molecule has 2 aromatic heterocycles. The second kappa shape index (κ2) is 4.94. The predicted molar refractivity (Wildman–Crippen MR) is 82.0 cm³/mol. The number of aliphatic carboxylic acids is 1. The number of thiophene rings is 1. The molecule has 0 fully saturated rings. The van der Waals surface area contributed by atoms with Crippen LogP contribution in [0.3, 0.4) is 0 Å². The van der Waals surface area contributed by atoms with E-state index in [4.69, 9.17) is 5.11 Å². The van der Waals surface area contributed by atoms with Gasteiger partial charge in [-0.05, 0) is 30.2 Å². The number of fused-ring (bicyclic) bond motifs is 3. The van der Waals surface area contributed by atoms with Crippen LogP contribution in [0.2, 0.25) is 0 Å². The first-order valence-corrected chi connectivity index (χ1v) is 7.93. The summed E-state index contributed by atoms with van der Waals surface area (Å²) in [5.74, 6) is -0.253. The maximum Gasteiger partial charge on any atom is 0.303 e. The van der Waals surface area contributed by atoms with Gasteiger partial charge in [-0.25, -0.2) is 4.98 Å². The molecule has 0 saturated carbocycles. The molecule has 0 saturated heterocycles. The lowest BCUT2D eigenvalue weighted by molar-refractivity contribution is -0.139.